The van der Waals surface area contributed by atoms with E-state index in [1.54, 1.807) is 0 Å². The Morgan fingerprint density at radius 1 is 1.29 bits per heavy atom. The van der Waals surface area contributed by atoms with Crippen LogP contribution < -0.4 is 10.2 Å². The first-order valence-corrected chi connectivity index (χ1v) is 9.53. The normalized spacial score (nSPS) is 20.5. The molecule has 1 aromatic carbocycles. The highest BCUT2D eigenvalue weighted by Crippen LogP contribution is 2.32. The van der Waals surface area contributed by atoms with Gasteiger partial charge in [0.2, 0.25) is 0 Å². The molecule has 2 unspecified atom stereocenters. The largest absolute Gasteiger partial charge is 0.369 e. The summed E-state index contributed by atoms with van der Waals surface area (Å²) in [4.78, 5) is 2.61. The zero-order valence-corrected chi connectivity index (χ0v) is 14.6. The van der Waals surface area contributed by atoms with E-state index in [2.05, 4.69) is 67.0 Å². The van der Waals surface area contributed by atoms with Crippen molar-refractivity contribution in [1.82, 2.24) is 5.32 Å². The summed E-state index contributed by atoms with van der Waals surface area (Å²) in [7, 11) is 0. The Bertz CT molecular complexity index is 421. The summed E-state index contributed by atoms with van der Waals surface area (Å²) in [6.07, 6.45) is 3.61. The van der Waals surface area contributed by atoms with Crippen LogP contribution in [-0.4, -0.2) is 30.6 Å². The topological polar surface area (TPSA) is 15.3 Å². The number of benzene rings is 1. The third-order valence-corrected chi connectivity index (χ3v) is 5.67. The van der Waals surface area contributed by atoms with Crippen molar-refractivity contribution in [1.29, 1.82) is 0 Å². The number of nitrogens with zero attached hydrogens (tertiary/aromatic N) is 1. The number of para-hydroxylation sites is 1. The van der Waals surface area contributed by atoms with Gasteiger partial charge in [-0.25, -0.2) is 0 Å². The Balaban J connectivity index is 2.18. The van der Waals surface area contributed by atoms with Crippen molar-refractivity contribution in [3.8, 4) is 0 Å². The van der Waals surface area contributed by atoms with Crippen molar-refractivity contribution in [2.75, 3.05) is 30.3 Å². The van der Waals surface area contributed by atoms with Gasteiger partial charge in [0.05, 0.1) is 0 Å². The van der Waals surface area contributed by atoms with Crippen LogP contribution in [0.2, 0.25) is 0 Å². The maximum Gasteiger partial charge on any atom is 0.0415 e. The van der Waals surface area contributed by atoms with Gasteiger partial charge >= 0.3 is 0 Å². The third kappa shape index (κ3) is 4.40. The second-order valence-electron chi connectivity index (χ2n) is 5.82. The Morgan fingerprint density at radius 3 is 2.81 bits per heavy atom. The molecule has 118 valence electrons. The molecular formula is C18H30N2S. The molecule has 0 aromatic heterocycles. The number of hydrogen-bond acceptors (Lipinski definition) is 3. The van der Waals surface area contributed by atoms with Crippen molar-refractivity contribution in [3.05, 3.63) is 29.8 Å². The molecule has 1 aliphatic rings. The first-order chi connectivity index (χ1) is 10.3. The van der Waals surface area contributed by atoms with Gasteiger partial charge in [-0.2, -0.15) is 11.8 Å². The standard InChI is InChI=1S/C18H30N2S/c1-4-11-19-17(6-3)16-9-7-8-10-18(16)20-12-13-21-15(5-2)14-20/h7-10,15,17,19H,4-6,11-14H2,1-3H3. The first kappa shape index (κ1) is 16.7. The van der Waals surface area contributed by atoms with Crippen molar-refractivity contribution in [2.45, 2.75) is 51.3 Å². The maximum absolute atomic E-state index is 3.71. The van der Waals surface area contributed by atoms with Crippen molar-refractivity contribution >= 4 is 17.4 Å². The summed E-state index contributed by atoms with van der Waals surface area (Å²) >= 11 is 2.14. The van der Waals surface area contributed by atoms with Crippen LogP contribution >= 0.6 is 11.8 Å². The van der Waals surface area contributed by atoms with E-state index >= 15 is 0 Å². The zero-order valence-electron chi connectivity index (χ0n) is 13.8. The van der Waals surface area contributed by atoms with Gasteiger partial charge in [0, 0.05) is 35.8 Å². The van der Waals surface area contributed by atoms with E-state index in [9.17, 15) is 0 Å². The number of nitrogens with one attached hydrogen (secondary N) is 1. The van der Waals surface area contributed by atoms with E-state index < -0.39 is 0 Å². The SMILES string of the molecule is CCCNC(CC)c1ccccc1N1CCSC(CC)C1. The molecule has 0 spiro atoms. The average Bonchev–Trinajstić information content (AvgIpc) is 2.56. The smallest absolute Gasteiger partial charge is 0.0415 e. The van der Waals surface area contributed by atoms with Gasteiger partial charge in [0.1, 0.15) is 0 Å². The van der Waals surface area contributed by atoms with Crippen LogP contribution in [0.25, 0.3) is 0 Å². The molecule has 0 saturated carbocycles. The molecule has 1 N–H and O–H groups in total. The van der Waals surface area contributed by atoms with Crippen LogP contribution in [0.1, 0.15) is 51.6 Å². The van der Waals surface area contributed by atoms with Gasteiger partial charge in [-0.1, -0.05) is 39.0 Å². The lowest BCUT2D eigenvalue weighted by atomic mass is 10.0. The lowest BCUT2D eigenvalue weighted by molar-refractivity contribution is 0.517. The molecule has 0 radical (unpaired) electrons. The Labute approximate surface area is 134 Å². The monoisotopic (exact) mass is 306 g/mol. The van der Waals surface area contributed by atoms with Crippen LogP contribution in [0, 0.1) is 0 Å². The van der Waals surface area contributed by atoms with E-state index in [-0.39, 0.29) is 0 Å². The fourth-order valence-corrected chi connectivity index (χ4v) is 4.23. The van der Waals surface area contributed by atoms with Crippen molar-refractivity contribution in [2.24, 2.45) is 0 Å². The summed E-state index contributed by atoms with van der Waals surface area (Å²) < 4.78 is 0. The Kier molecular flexibility index (Phi) is 6.91. The van der Waals surface area contributed by atoms with Crippen LogP contribution in [0.3, 0.4) is 0 Å². The summed E-state index contributed by atoms with van der Waals surface area (Å²) in [6, 6.07) is 9.48. The summed E-state index contributed by atoms with van der Waals surface area (Å²) in [5, 5.41) is 4.50. The predicted molar refractivity (Wildman–Crippen MR) is 96.5 cm³/mol. The number of hydrogen-bond donors (Lipinski definition) is 1. The quantitative estimate of drug-likeness (QED) is 0.800. The molecule has 1 heterocycles. The minimum atomic E-state index is 0.482. The molecule has 2 nitrogen and oxygen atoms in total. The highest BCUT2D eigenvalue weighted by atomic mass is 32.2. The van der Waals surface area contributed by atoms with Gasteiger partial charge in [-0.05, 0) is 37.4 Å². The molecule has 3 heteroatoms. The van der Waals surface area contributed by atoms with Gasteiger partial charge < -0.3 is 10.2 Å². The van der Waals surface area contributed by atoms with Gasteiger partial charge in [-0.15, -0.1) is 0 Å². The second kappa shape index (κ2) is 8.70. The molecule has 1 aromatic rings. The Hall–Kier alpha value is -0.670. The van der Waals surface area contributed by atoms with Crippen molar-refractivity contribution < 1.29 is 0 Å². The minimum absolute atomic E-state index is 0.482. The second-order valence-corrected chi connectivity index (χ2v) is 7.23. The van der Waals surface area contributed by atoms with Gasteiger partial charge in [0.25, 0.3) is 0 Å². The number of thioether (sulfide) groups is 1. The van der Waals surface area contributed by atoms with Crippen LogP contribution in [-0.2, 0) is 0 Å². The maximum atomic E-state index is 3.71. The highest BCUT2D eigenvalue weighted by Gasteiger charge is 2.22. The molecule has 1 saturated heterocycles. The molecule has 0 bridgehead atoms. The van der Waals surface area contributed by atoms with Crippen LogP contribution in [0.15, 0.2) is 24.3 Å². The summed E-state index contributed by atoms with van der Waals surface area (Å²) in [5.74, 6) is 1.26. The summed E-state index contributed by atoms with van der Waals surface area (Å²) in [6.45, 7) is 10.3. The first-order valence-electron chi connectivity index (χ1n) is 8.48. The third-order valence-electron chi connectivity index (χ3n) is 4.30. The predicted octanol–water partition coefficient (Wildman–Crippen LogP) is 4.47. The van der Waals surface area contributed by atoms with E-state index in [0.717, 1.165) is 18.2 Å². The molecule has 2 rings (SSSR count). The van der Waals surface area contributed by atoms with E-state index in [1.807, 2.05) is 0 Å². The lowest BCUT2D eigenvalue weighted by Crippen LogP contribution is -2.38. The molecule has 1 aliphatic heterocycles. The van der Waals surface area contributed by atoms with Gasteiger partial charge in [-0.3, -0.25) is 0 Å². The molecular weight excluding hydrogens is 276 g/mol. The molecule has 2 atom stereocenters. The molecule has 0 aliphatic carbocycles. The van der Waals surface area contributed by atoms with Crippen LogP contribution in [0.5, 0.6) is 0 Å². The van der Waals surface area contributed by atoms with E-state index in [1.165, 1.54) is 42.9 Å². The molecule has 1 fully saturated rings. The highest BCUT2D eigenvalue weighted by molar-refractivity contribution is 8.00. The summed E-state index contributed by atoms with van der Waals surface area (Å²) in [5.41, 5.74) is 2.93. The van der Waals surface area contributed by atoms with Gasteiger partial charge in [0.15, 0.2) is 0 Å². The van der Waals surface area contributed by atoms with Crippen LogP contribution in [0.4, 0.5) is 5.69 Å². The van der Waals surface area contributed by atoms with E-state index in [0.29, 0.717) is 6.04 Å². The number of anilines is 1. The fraction of sp³-hybridized carbons (Fsp3) is 0.667. The van der Waals surface area contributed by atoms with E-state index in [4.69, 9.17) is 0 Å². The number of rotatable bonds is 7. The van der Waals surface area contributed by atoms with Crippen molar-refractivity contribution in [3.63, 3.8) is 0 Å². The minimum Gasteiger partial charge on any atom is -0.369 e. The average molecular weight is 307 g/mol. The zero-order chi connectivity index (χ0) is 15.1. The lowest BCUT2D eigenvalue weighted by Gasteiger charge is -2.36. The fourth-order valence-electron chi connectivity index (χ4n) is 3.05. The Morgan fingerprint density at radius 2 is 2.10 bits per heavy atom. The molecule has 21 heavy (non-hydrogen) atoms. The molecule has 0 amide bonds.